The molecule has 0 amide bonds. The normalized spacial score (nSPS) is 11.5. The average Bonchev–Trinajstić information content (AvgIpc) is 2.76. The second-order valence-electron chi connectivity index (χ2n) is 3.44. The van der Waals surface area contributed by atoms with Crippen LogP contribution in [0.2, 0.25) is 0 Å². The highest BCUT2D eigenvalue weighted by atomic mass is 19.4. The molecule has 0 radical (unpaired) electrons. The van der Waals surface area contributed by atoms with Crippen molar-refractivity contribution in [3.63, 3.8) is 0 Å². The van der Waals surface area contributed by atoms with E-state index in [1.165, 1.54) is 6.20 Å². The second kappa shape index (κ2) is 4.12. The molecule has 3 nitrogen and oxygen atoms in total. The summed E-state index contributed by atoms with van der Waals surface area (Å²) in [4.78, 5) is 3.61. The van der Waals surface area contributed by atoms with E-state index in [9.17, 15) is 13.2 Å². The van der Waals surface area contributed by atoms with Crippen LogP contribution in [0.5, 0.6) is 0 Å². The number of nitrogens with one attached hydrogen (secondary N) is 1. The van der Waals surface area contributed by atoms with E-state index in [1.54, 1.807) is 29.9 Å². The van der Waals surface area contributed by atoms with Gasteiger partial charge in [0.15, 0.2) is 0 Å². The molecule has 1 N–H and O–H groups in total. The topological polar surface area (TPSA) is 29.9 Å². The van der Waals surface area contributed by atoms with Crippen LogP contribution in [-0.4, -0.2) is 16.6 Å². The van der Waals surface area contributed by atoms with Gasteiger partial charge in [-0.1, -0.05) is 0 Å². The predicted molar refractivity (Wildman–Crippen MR) is 58.1 cm³/mol. The molecule has 2 rings (SSSR count). The molecule has 0 spiro atoms. The van der Waals surface area contributed by atoms with Crippen molar-refractivity contribution < 1.29 is 13.2 Å². The highest BCUT2D eigenvalue weighted by Crippen LogP contribution is 2.30. The third kappa shape index (κ3) is 2.25. The Labute approximate surface area is 95.9 Å². The van der Waals surface area contributed by atoms with E-state index in [4.69, 9.17) is 0 Å². The Morgan fingerprint density at radius 2 is 2.06 bits per heavy atom. The molecule has 0 aliphatic carbocycles. The minimum Gasteiger partial charge on any atom is -0.374 e. The molecule has 6 heteroatoms. The molecule has 17 heavy (non-hydrogen) atoms. The van der Waals surface area contributed by atoms with E-state index in [0.29, 0.717) is 11.5 Å². The summed E-state index contributed by atoms with van der Waals surface area (Å²) in [5.41, 5.74) is -0.389. The number of rotatable bonds is 2. The van der Waals surface area contributed by atoms with Crippen LogP contribution in [0, 0.1) is 0 Å². The second-order valence-corrected chi connectivity index (χ2v) is 3.44. The Morgan fingerprint density at radius 1 is 1.29 bits per heavy atom. The molecule has 0 saturated heterocycles. The standard InChI is InChI=1S/C11H10F3N3/c1-15-10-3-2-4-17(10)9-5-8(6-16-7-9)11(12,13)14/h2-7,15H,1H3. The van der Waals surface area contributed by atoms with Crippen molar-refractivity contribution >= 4 is 5.82 Å². The van der Waals surface area contributed by atoms with E-state index < -0.39 is 11.7 Å². The Morgan fingerprint density at radius 3 is 2.71 bits per heavy atom. The SMILES string of the molecule is CNc1cccn1-c1cncc(C(F)(F)F)c1. The van der Waals surface area contributed by atoms with Gasteiger partial charge in [-0.3, -0.25) is 4.98 Å². The fourth-order valence-electron chi connectivity index (χ4n) is 1.52. The lowest BCUT2D eigenvalue weighted by atomic mass is 10.2. The fourth-order valence-corrected chi connectivity index (χ4v) is 1.52. The zero-order valence-corrected chi connectivity index (χ0v) is 8.99. The number of nitrogens with zero attached hydrogens (tertiary/aromatic N) is 2. The maximum Gasteiger partial charge on any atom is 0.417 e. The number of pyridine rings is 1. The fraction of sp³-hybridized carbons (Fsp3) is 0.182. The Hall–Kier alpha value is -1.98. The van der Waals surface area contributed by atoms with Gasteiger partial charge in [0.25, 0.3) is 0 Å². The van der Waals surface area contributed by atoms with Crippen molar-refractivity contribution in [3.8, 4) is 5.69 Å². The maximum absolute atomic E-state index is 12.5. The monoisotopic (exact) mass is 241 g/mol. The Balaban J connectivity index is 2.47. The zero-order chi connectivity index (χ0) is 12.5. The number of hydrogen-bond donors (Lipinski definition) is 1. The van der Waals surface area contributed by atoms with Crippen molar-refractivity contribution in [2.75, 3.05) is 12.4 Å². The van der Waals surface area contributed by atoms with Gasteiger partial charge >= 0.3 is 6.18 Å². The summed E-state index contributed by atoms with van der Waals surface area (Å²) in [7, 11) is 1.70. The van der Waals surface area contributed by atoms with Crippen molar-refractivity contribution in [1.29, 1.82) is 0 Å². The van der Waals surface area contributed by atoms with Crippen molar-refractivity contribution in [2.45, 2.75) is 6.18 Å². The first-order valence-corrected chi connectivity index (χ1v) is 4.90. The lowest BCUT2D eigenvalue weighted by Crippen LogP contribution is -2.07. The van der Waals surface area contributed by atoms with Crippen molar-refractivity contribution in [1.82, 2.24) is 9.55 Å². The molecule has 0 aliphatic heterocycles. The highest BCUT2D eigenvalue weighted by Gasteiger charge is 2.31. The largest absolute Gasteiger partial charge is 0.417 e. The average molecular weight is 241 g/mol. The molecular formula is C11H10F3N3. The lowest BCUT2D eigenvalue weighted by molar-refractivity contribution is -0.137. The van der Waals surface area contributed by atoms with Gasteiger partial charge in [-0.05, 0) is 18.2 Å². The van der Waals surface area contributed by atoms with Crippen LogP contribution < -0.4 is 5.32 Å². The van der Waals surface area contributed by atoms with Gasteiger partial charge in [0, 0.05) is 19.4 Å². The van der Waals surface area contributed by atoms with Crippen LogP contribution in [0.4, 0.5) is 19.0 Å². The highest BCUT2D eigenvalue weighted by molar-refractivity contribution is 5.46. The lowest BCUT2D eigenvalue weighted by Gasteiger charge is -2.11. The quantitative estimate of drug-likeness (QED) is 0.876. The summed E-state index contributed by atoms with van der Waals surface area (Å²) in [6, 6.07) is 4.57. The van der Waals surface area contributed by atoms with Crippen molar-refractivity contribution in [3.05, 3.63) is 42.4 Å². The van der Waals surface area contributed by atoms with E-state index in [1.807, 2.05) is 0 Å². The van der Waals surface area contributed by atoms with Crippen LogP contribution >= 0.6 is 0 Å². The number of aromatic nitrogens is 2. The summed E-state index contributed by atoms with van der Waals surface area (Å²) < 4.78 is 39.2. The third-order valence-electron chi connectivity index (χ3n) is 2.33. The molecule has 0 aromatic carbocycles. The van der Waals surface area contributed by atoms with E-state index in [-0.39, 0.29) is 0 Å². The molecule has 90 valence electrons. The minimum atomic E-state index is -4.38. The van der Waals surface area contributed by atoms with Crippen molar-refractivity contribution in [2.24, 2.45) is 0 Å². The Bertz CT molecular complexity index is 517. The van der Waals surface area contributed by atoms with Crippen LogP contribution in [-0.2, 0) is 6.18 Å². The molecular weight excluding hydrogens is 231 g/mol. The molecule has 0 aliphatic rings. The molecule has 0 unspecified atom stereocenters. The number of hydrogen-bond acceptors (Lipinski definition) is 2. The minimum absolute atomic E-state index is 0.370. The van der Waals surface area contributed by atoms with E-state index in [0.717, 1.165) is 12.3 Å². The number of alkyl halides is 3. The zero-order valence-electron chi connectivity index (χ0n) is 8.99. The van der Waals surface area contributed by atoms with Crippen LogP contribution in [0.1, 0.15) is 5.56 Å². The van der Waals surface area contributed by atoms with Gasteiger partial charge in [0.2, 0.25) is 0 Å². The van der Waals surface area contributed by atoms with Gasteiger partial charge < -0.3 is 9.88 Å². The summed E-state index contributed by atoms with van der Waals surface area (Å²) in [5, 5.41) is 2.89. The first-order valence-electron chi connectivity index (χ1n) is 4.90. The summed E-state index contributed by atoms with van der Waals surface area (Å²) in [5.74, 6) is 0.700. The first kappa shape index (κ1) is 11.5. The first-order chi connectivity index (χ1) is 8.02. The number of halogens is 3. The molecule has 2 heterocycles. The van der Waals surface area contributed by atoms with Gasteiger partial charge in [-0.15, -0.1) is 0 Å². The predicted octanol–water partition coefficient (Wildman–Crippen LogP) is 2.93. The summed E-state index contributed by atoms with van der Waals surface area (Å²) in [6.07, 6.45) is -0.513. The molecule has 0 fully saturated rings. The smallest absolute Gasteiger partial charge is 0.374 e. The maximum atomic E-state index is 12.5. The summed E-state index contributed by atoms with van der Waals surface area (Å²) >= 11 is 0. The van der Waals surface area contributed by atoms with Gasteiger partial charge in [0.1, 0.15) is 5.82 Å². The van der Waals surface area contributed by atoms with Gasteiger partial charge in [-0.2, -0.15) is 13.2 Å². The van der Waals surface area contributed by atoms with Crippen LogP contribution in [0.3, 0.4) is 0 Å². The molecule has 0 atom stereocenters. The van der Waals surface area contributed by atoms with Gasteiger partial charge in [-0.25, -0.2) is 0 Å². The molecule has 2 aromatic rings. The number of anilines is 1. The van der Waals surface area contributed by atoms with Crippen LogP contribution in [0.25, 0.3) is 5.69 Å². The molecule has 0 bridgehead atoms. The molecule has 2 aromatic heterocycles. The van der Waals surface area contributed by atoms with E-state index in [2.05, 4.69) is 10.3 Å². The Kier molecular flexibility index (Phi) is 2.79. The van der Waals surface area contributed by atoms with Gasteiger partial charge in [0.05, 0.1) is 17.4 Å². The third-order valence-corrected chi connectivity index (χ3v) is 2.33. The van der Waals surface area contributed by atoms with E-state index >= 15 is 0 Å². The van der Waals surface area contributed by atoms with Crippen LogP contribution in [0.15, 0.2) is 36.8 Å². The molecule has 0 saturated carbocycles. The summed E-state index contributed by atoms with van der Waals surface area (Å²) in [6.45, 7) is 0.